The van der Waals surface area contributed by atoms with Gasteiger partial charge in [-0.15, -0.1) is 0 Å². The average molecular weight is 275 g/mol. The van der Waals surface area contributed by atoms with Crippen LogP contribution in [0, 0.1) is 11.8 Å². The van der Waals surface area contributed by atoms with Gasteiger partial charge in [0.15, 0.2) is 0 Å². The molecule has 0 spiro atoms. The lowest BCUT2D eigenvalue weighted by Crippen LogP contribution is -2.37. The summed E-state index contributed by atoms with van der Waals surface area (Å²) in [4.78, 5) is 16.7. The zero-order valence-corrected chi connectivity index (χ0v) is 12.6. The molecule has 1 aliphatic rings. The standard InChI is InChI=1S/C16H25N3O/c1-4-12-8-9-14(11(12)3)19-16(20)13-7-6-10-18-15(13)17-5-2/h6-7,10-12,14H,4-5,8-9H2,1-3H3,(H,17,18)(H,19,20). The number of pyridine rings is 1. The van der Waals surface area contributed by atoms with Crippen molar-refractivity contribution in [2.24, 2.45) is 11.8 Å². The summed E-state index contributed by atoms with van der Waals surface area (Å²) in [5.74, 6) is 1.96. The summed E-state index contributed by atoms with van der Waals surface area (Å²) in [5.41, 5.74) is 0.640. The lowest BCUT2D eigenvalue weighted by atomic mass is 9.93. The quantitative estimate of drug-likeness (QED) is 0.868. The highest BCUT2D eigenvalue weighted by atomic mass is 16.1. The van der Waals surface area contributed by atoms with E-state index in [4.69, 9.17) is 0 Å². The van der Waals surface area contributed by atoms with E-state index in [2.05, 4.69) is 29.5 Å². The number of nitrogens with zero attached hydrogens (tertiary/aromatic N) is 1. The second-order valence-corrected chi connectivity index (χ2v) is 5.61. The molecule has 0 saturated heterocycles. The maximum Gasteiger partial charge on any atom is 0.255 e. The summed E-state index contributed by atoms with van der Waals surface area (Å²) in [5, 5.41) is 6.33. The van der Waals surface area contributed by atoms with Crippen LogP contribution in [0.1, 0.15) is 50.4 Å². The fourth-order valence-corrected chi connectivity index (χ4v) is 3.17. The fourth-order valence-electron chi connectivity index (χ4n) is 3.17. The number of aromatic nitrogens is 1. The Bertz CT molecular complexity index is 461. The molecule has 1 saturated carbocycles. The molecular formula is C16H25N3O. The molecule has 1 aromatic heterocycles. The van der Waals surface area contributed by atoms with E-state index in [1.807, 2.05) is 19.1 Å². The molecule has 0 bridgehead atoms. The van der Waals surface area contributed by atoms with Gasteiger partial charge < -0.3 is 10.6 Å². The molecule has 110 valence electrons. The van der Waals surface area contributed by atoms with E-state index in [0.717, 1.165) is 18.9 Å². The highest BCUT2D eigenvalue weighted by Gasteiger charge is 2.32. The van der Waals surface area contributed by atoms with E-state index in [-0.39, 0.29) is 5.91 Å². The zero-order valence-electron chi connectivity index (χ0n) is 12.6. The fraction of sp³-hybridized carbons (Fsp3) is 0.625. The maximum absolute atomic E-state index is 12.4. The molecule has 1 aromatic rings. The molecule has 0 aromatic carbocycles. The number of carbonyl (C=O) groups is 1. The van der Waals surface area contributed by atoms with Crippen molar-refractivity contribution in [2.75, 3.05) is 11.9 Å². The van der Waals surface area contributed by atoms with E-state index in [9.17, 15) is 4.79 Å². The number of rotatable bonds is 5. The first-order valence-electron chi connectivity index (χ1n) is 7.67. The zero-order chi connectivity index (χ0) is 14.5. The Morgan fingerprint density at radius 3 is 2.85 bits per heavy atom. The van der Waals surface area contributed by atoms with E-state index < -0.39 is 0 Å². The van der Waals surface area contributed by atoms with Crippen molar-refractivity contribution in [1.82, 2.24) is 10.3 Å². The molecular weight excluding hydrogens is 250 g/mol. The van der Waals surface area contributed by atoms with Gasteiger partial charge in [-0.25, -0.2) is 4.98 Å². The molecule has 4 heteroatoms. The summed E-state index contributed by atoms with van der Waals surface area (Å²) in [6.07, 6.45) is 5.21. The van der Waals surface area contributed by atoms with E-state index >= 15 is 0 Å². The van der Waals surface area contributed by atoms with Gasteiger partial charge in [-0.05, 0) is 43.7 Å². The van der Waals surface area contributed by atoms with Gasteiger partial charge in [0.1, 0.15) is 5.82 Å². The van der Waals surface area contributed by atoms with Crippen molar-refractivity contribution < 1.29 is 4.79 Å². The minimum Gasteiger partial charge on any atom is -0.370 e. The normalized spacial score (nSPS) is 25.4. The average Bonchev–Trinajstić information content (AvgIpc) is 2.80. The minimum absolute atomic E-state index is 0.0114. The van der Waals surface area contributed by atoms with Gasteiger partial charge in [0, 0.05) is 18.8 Å². The van der Waals surface area contributed by atoms with Crippen LogP contribution in [-0.4, -0.2) is 23.5 Å². The predicted octanol–water partition coefficient (Wildman–Crippen LogP) is 3.07. The smallest absolute Gasteiger partial charge is 0.255 e. The molecule has 20 heavy (non-hydrogen) atoms. The molecule has 0 aliphatic heterocycles. The lowest BCUT2D eigenvalue weighted by Gasteiger charge is -2.21. The van der Waals surface area contributed by atoms with Crippen molar-refractivity contribution in [3.8, 4) is 0 Å². The summed E-state index contributed by atoms with van der Waals surface area (Å²) >= 11 is 0. The second kappa shape index (κ2) is 6.73. The largest absolute Gasteiger partial charge is 0.370 e. The number of nitrogens with one attached hydrogen (secondary N) is 2. The molecule has 1 heterocycles. The van der Waals surface area contributed by atoms with E-state index in [0.29, 0.717) is 23.3 Å². The molecule has 3 unspecified atom stereocenters. The van der Waals surface area contributed by atoms with Crippen LogP contribution >= 0.6 is 0 Å². The van der Waals surface area contributed by atoms with Crippen LogP contribution in [0.3, 0.4) is 0 Å². The first-order chi connectivity index (χ1) is 9.67. The number of anilines is 1. The van der Waals surface area contributed by atoms with Crippen LogP contribution in [0.4, 0.5) is 5.82 Å². The van der Waals surface area contributed by atoms with E-state index in [1.165, 1.54) is 12.8 Å². The summed E-state index contributed by atoms with van der Waals surface area (Å²) in [6, 6.07) is 3.93. The van der Waals surface area contributed by atoms with Crippen LogP contribution < -0.4 is 10.6 Å². The SMILES string of the molecule is CCNc1ncccc1C(=O)NC1CCC(CC)C1C. The maximum atomic E-state index is 12.4. The Hall–Kier alpha value is -1.58. The molecule has 2 N–H and O–H groups in total. The number of hydrogen-bond acceptors (Lipinski definition) is 3. The van der Waals surface area contributed by atoms with Crippen molar-refractivity contribution in [3.05, 3.63) is 23.9 Å². The topological polar surface area (TPSA) is 54.0 Å². The molecule has 4 nitrogen and oxygen atoms in total. The monoisotopic (exact) mass is 275 g/mol. The van der Waals surface area contributed by atoms with Crippen LogP contribution in [0.5, 0.6) is 0 Å². The van der Waals surface area contributed by atoms with E-state index in [1.54, 1.807) is 6.20 Å². The van der Waals surface area contributed by atoms with Gasteiger partial charge in [0.2, 0.25) is 0 Å². The number of hydrogen-bond donors (Lipinski definition) is 2. The third-order valence-corrected chi connectivity index (χ3v) is 4.46. The van der Waals surface area contributed by atoms with Crippen LogP contribution in [0.2, 0.25) is 0 Å². The van der Waals surface area contributed by atoms with Gasteiger partial charge in [-0.1, -0.05) is 20.3 Å². The Balaban J connectivity index is 2.05. The molecule has 3 atom stereocenters. The molecule has 1 amide bonds. The van der Waals surface area contributed by atoms with Gasteiger partial charge in [0.05, 0.1) is 5.56 Å². The summed E-state index contributed by atoms with van der Waals surface area (Å²) < 4.78 is 0. The van der Waals surface area contributed by atoms with Gasteiger partial charge in [0.25, 0.3) is 5.91 Å². The summed E-state index contributed by atoms with van der Waals surface area (Å²) in [7, 11) is 0. The third kappa shape index (κ3) is 3.11. The Morgan fingerprint density at radius 2 is 2.20 bits per heavy atom. The van der Waals surface area contributed by atoms with Gasteiger partial charge in [-0.2, -0.15) is 0 Å². The molecule has 1 fully saturated rings. The van der Waals surface area contributed by atoms with Crippen LogP contribution in [0.15, 0.2) is 18.3 Å². The third-order valence-electron chi connectivity index (χ3n) is 4.46. The van der Waals surface area contributed by atoms with Crippen LogP contribution in [-0.2, 0) is 0 Å². The first kappa shape index (κ1) is 14.8. The molecule has 2 rings (SSSR count). The molecule has 1 aliphatic carbocycles. The predicted molar refractivity (Wildman–Crippen MR) is 81.8 cm³/mol. The Kier molecular flexibility index (Phi) is 4.99. The van der Waals surface area contributed by atoms with Crippen molar-refractivity contribution >= 4 is 11.7 Å². The minimum atomic E-state index is -0.0114. The second-order valence-electron chi connectivity index (χ2n) is 5.61. The van der Waals surface area contributed by atoms with Crippen LogP contribution in [0.25, 0.3) is 0 Å². The van der Waals surface area contributed by atoms with Crippen molar-refractivity contribution in [1.29, 1.82) is 0 Å². The van der Waals surface area contributed by atoms with Crippen molar-refractivity contribution in [2.45, 2.75) is 46.1 Å². The number of amides is 1. The lowest BCUT2D eigenvalue weighted by molar-refractivity contribution is 0.0927. The first-order valence-corrected chi connectivity index (χ1v) is 7.67. The van der Waals surface area contributed by atoms with Gasteiger partial charge >= 0.3 is 0 Å². The highest BCUT2D eigenvalue weighted by molar-refractivity contribution is 5.98. The molecule has 0 radical (unpaired) electrons. The van der Waals surface area contributed by atoms with Crippen molar-refractivity contribution in [3.63, 3.8) is 0 Å². The summed E-state index contributed by atoms with van der Waals surface area (Å²) in [6.45, 7) is 7.24. The Morgan fingerprint density at radius 1 is 1.40 bits per heavy atom. The highest BCUT2D eigenvalue weighted by Crippen LogP contribution is 2.34. The Labute approximate surface area is 121 Å². The van der Waals surface area contributed by atoms with Gasteiger partial charge in [-0.3, -0.25) is 4.79 Å². The number of carbonyl (C=O) groups excluding carboxylic acids is 1.